The highest BCUT2D eigenvalue weighted by Gasteiger charge is 2.32. The third-order valence-corrected chi connectivity index (χ3v) is 5.90. The van der Waals surface area contributed by atoms with Gasteiger partial charge in [-0.3, -0.25) is 0 Å². The van der Waals surface area contributed by atoms with Gasteiger partial charge < -0.3 is 0 Å². The van der Waals surface area contributed by atoms with Gasteiger partial charge >= 0.3 is 0 Å². The van der Waals surface area contributed by atoms with Crippen LogP contribution in [0.25, 0.3) is 0 Å². The van der Waals surface area contributed by atoms with Crippen molar-refractivity contribution < 1.29 is 17.2 Å². The first-order valence-electron chi connectivity index (χ1n) is 7.42. The Morgan fingerprint density at radius 3 is 2.35 bits per heavy atom. The summed E-state index contributed by atoms with van der Waals surface area (Å²) in [5.74, 6) is -1.75. The van der Waals surface area contributed by atoms with E-state index in [4.69, 9.17) is 0 Å². The summed E-state index contributed by atoms with van der Waals surface area (Å²) in [4.78, 5) is 0. The third kappa shape index (κ3) is 3.76. The Balaban J connectivity index is 1.73. The van der Waals surface area contributed by atoms with Crippen molar-refractivity contribution >= 4 is 10.0 Å². The topological polar surface area (TPSA) is 37.4 Å². The molecule has 1 aliphatic heterocycles. The fourth-order valence-electron chi connectivity index (χ4n) is 2.97. The van der Waals surface area contributed by atoms with Gasteiger partial charge in [-0.15, -0.1) is 0 Å². The van der Waals surface area contributed by atoms with Crippen LogP contribution in [0.3, 0.4) is 0 Å². The Labute approximate surface area is 134 Å². The molecule has 2 aromatic rings. The molecular formula is C17H17F2NO2S. The van der Waals surface area contributed by atoms with E-state index in [-0.39, 0.29) is 17.2 Å². The predicted molar refractivity (Wildman–Crippen MR) is 84.4 cm³/mol. The maximum atomic E-state index is 13.2. The Bertz CT molecular complexity index is 773. The fraction of sp³-hybridized carbons (Fsp3) is 0.294. The van der Waals surface area contributed by atoms with Gasteiger partial charge in [0.2, 0.25) is 10.0 Å². The Morgan fingerprint density at radius 2 is 1.70 bits per heavy atom. The molecule has 3 nitrogen and oxygen atoms in total. The van der Waals surface area contributed by atoms with Crippen LogP contribution in [0, 0.1) is 11.6 Å². The third-order valence-electron chi connectivity index (χ3n) is 4.09. The summed E-state index contributed by atoms with van der Waals surface area (Å²) >= 11 is 0. The van der Waals surface area contributed by atoms with E-state index in [0.717, 1.165) is 30.2 Å². The maximum Gasteiger partial charge on any atom is 0.218 e. The first kappa shape index (κ1) is 16.1. The SMILES string of the molecule is O=S(=O)(Cc1cc(F)cc(F)c1)N1CCC(c2ccccc2)C1. The highest BCUT2D eigenvalue weighted by Crippen LogP contribution is 2.29. The zero-order chi connectivity index (χ0) is 16.4. The zero-order valence-electron chi connectivity index (χ0n) is 12.5. The molecule has 0 bridgehead atoms. The largest absolute Gasteiger partial charge is 0.218 e. The molecule has 23 heavy (non-hydrogen) atoms. The molecule has 0 spiro atoms. The van der Waals surface area contributed by atoms with Gasteiger partial charge in [-0.25, -0.2) is 21.5 Å². The van der Waals surface area contributed by atoms with E-state index in [9.17, 15) is 17.2 Å². The number of halogens is 2. The molecule has 1 unspecified atom stereocenters. The summed E-state index contributed by atoms with van der Waals surface area (Å²) in [5, 5.41) is 0. The molecule has 0 aliphatic carbocycles. The molecule has 3 rings (SSSR count). The molecule has 1 fully saturated rings. The maximum absolute atomic E-state index is 13.2. The van der Waals surface area contributed by atoms with Crippen LogP contribution >= 0.6 is 0 Å². The predicted octanol–water partition coefficient (Wildman–Crippen LogP) is 3.28. The van der Waals surface area contributed by atoms with Crippen LogP contribution in [0.2, 0.25) is 0 Å². The second-order valence-corrected chi connectivity index (χ2v) is 7.76. The Kier molecular flexibility index (Phi) is 4.46. The van der Waals surface area contributed by atoms with Crippen molar-refractivity contribution in [3.63, 3.8) is 0 Å². The number of benzene rings is 2. The van der Waals surface area contributed by atoms with E-state index in [1.807, 2.05) is 30.3 Å². The molecule has 122 valence electrons. The lowest BCUT2D eigenvalue weighted by Crippen LogP contribution is -2.29. The van der Waals surface area contributed by atoms with Crippen molar-refractivity contribution in [2.24, 2.45) is 0 Å². The second kappa shape index (κ2) is 6.37. The molecule has 1 saturated heterocycles. The molecule has 1 atom stereocenters. The minimum atomic E-state index is -3.59. The highest BCUT2D eigenvalue weighted by molar-refractivity contribution is 7.88. The van der Waals surface area contributed by atoms with Crippen LogP contribution in [0.5, 0.6) is 0 Å². The fourth-order valence-corrected chi connectivity index (χ4v) is 4.54. The molecular weight excluding hydrogens is 320 g/mol. The molecule has 6 heteroatoms. The number of sulfonamides is 1. The molecule has 1 aliphatic rings. The van der Waals surface area contributed by atoms with Crippen molar-refractivity contribution in [3.05, 3.63) is 71.3 Å². The first-order chi connectivity index (χ1) is 10.9. The quantitative estimate of drug-likeness (QED) is 0.859. The monoisotopic (exact) mass is 337 g/mol. The number of rotatable bonds is 4. The van der Waals surface area contributed by atoms with E-state index in [2.05, 4.69) is 0 Å². The lowest BCUT2D eigenvalue weighted by atomic mass is 9.99. The van der Waals surface area contributed by atoms with E-state index < -0.39 is 21.7 Å². The van der Waals surface area contributed by atoms with Gasteiger partial charge in [0.25, 0.3) is 0 Å². The van der Waals surface area contributed by atoms with Crippen LogP contribution in [-0.2, 0) is 15.8 Å². The van der Waals surface area contributed by atoms with Crippen molar-refractivity contribution in [2.75, 3.05) is 13.1 Å². The van der Waals surface area contributed by atoms with Gasteiger partial charge in [0.05, 0.1) is 5.75 Å². The van der Waals surface area contributed by atoms with Gasteiger partial charge in [0.15, 0.2) is 0 Å². The smallest absolute Gasteiger partial charge is 0.212 e. The Hall–Kier alpha value is -1.79. The van der Waals surface area contributed by atoms with Gasteiger partial charge in [0.1, 0.15) is 11.6 Å². The van der Waals surface area contributed by atoms with Crippen molar-refractivity contribution in [3.8, 4) is 0 Å². The van der Waals surface area contributed by atoms with Crippen LogP contribution in [0.15, 0.2) is 48.5 Å². The van der Waals surface area contributed by atoms with Gasteiger partial charge in [-0.1, -0.05) is 30.3 Å². The standard InChI is InChI=1S/C17H17F2NO2S/c18-16-8-13(9-17(19)10-16)12-23(21,22)20-7-6-15(11-20)14-4-2-1-3-5-14/h1-5,8-10,15H,6-7,11-12H2. The molecule has 0 aromatic heterocycles. The summed E-state index contributed by atoms with van der Waals surface area (Å²) in [5.41, 5.74) is 1.24. The van der Waals surface area contributed by atoms with Gasteiger partial charge in [0, 0.05) is 19.2 Å². The number of hydrogen-bond acceptors (Lipinski definition) is 2. The lowest BCUT2D eigenvalue weighted by Gasteiger charge is -2.17. The molecule has 0 N–H and O–H groups in total. The lowest BCUT2D eigenvalue weighted by molar-refractivity contribution is 0.471. The summed E-state index contributed by atoms with van der Waals surface area (Å²) in [7, 11) is -3.59. The van der Waals surface area contributed by atoms with Gasteiger partial charge in [-0.05, 0) is 35.6 Å². The van der Waals surface area contributed by atoms with E-state index in [0.29, 0.717) is 13.1 Å². The van der Waals surface area contributed by atoms with Crippen LogP contribution in [0.1, 0.15) is 23.5 Å². The minimum absolute atomic E-state index is 0.130. The Morgan fingerprint density at radius 1 is 1.04 bits per heavy atom. The zero-order valence-corrected chi connectivity index (χ0v) is 13.3. The second-order valence-electron chi connectivity index (χ2n) is 5.79. The number of nitrogens with zero attached hydrogens (tertiary/aromatic N) is 1. The first-order valence-corrected chi connectivity index (χ1v) is 9.03. The molecule has 1 heterocycles. The summed E-state index contributed by atoms with van der Waals surface area (Å²) in [6, 6.07) is 12.6. The average Bonchev–Trinajstić information content (AvgIpc) is 2.97. The van der Waals surface area contributed by atoms with Gasteiger partial charge in [-0.2, -0.15) is 0 Å². The summed E-state index contributed by atoms with van der Waals surface area (Å²) < 4.78 is 52.8. The van der Waals surface area contributed by atoms with E-state index >= 15 is 0 Å². The summed E-state index contributed by atoms with van der Waals surface area (Å²) in [6.07, 6.45) is 0.751. The molecule has 2 aromatic carbocycles. The molecule has 0 radical (unpaired) electrons. The highest BCUT2D eigenvalue weighted by atomic mass is 32.2. The van der Waals surface area contributed by atoms with E-state index in [1.165, 1.54) is 4.31 Å². The van der Waals surface area contributed by atoms with Crippen molar-refractivity contribution in [1.29, 1.82) is 0 Å². The van der Waals surface area contributed by atoms with Crippen LogP contribution in [0.4, 0.5) is 8.78 Å². The van der Waals surface area contributed by atoms with Crippen molar-refractivity contribution in [2.45, 2.75) is 18.1 Å². The number of hydrogen-bond donors (Lipinski definition) is 0. The van der Waals surface area contributed by atoms with Crippen LogP contribution < -0.4 is 0 Å². The van der Waals surface area contributed by atoms with Crippen LogP contribution in [-0.4, -0.2) is 25.8 Å². The van der Waals surface area contributed by atoms with Crippen molar-refractivity contribution in [1.82, 2.24) is 4.31 Å². The minimum Gasteiger partial charge on any atom is -0.212 e. The molecule has 0 saturated carbocycles. The normalized spacial score (nSPS) is 19.1. The summed E-state index contributed by atoms with van der Waals surface area (Å²) in [6.45, 7) is 0.837. The average molecular weight is 337 g/mol. The molecule has 0 amide bonds. The van der Waals surface area contributed by atoms with E-state index in [1.54, 1.807) is 0 Å².